The van der Waals surface area contributed by atoms with Gasteiger partial charge in [-0.3, -0.25) is 0 Å². The lowest BCUT2D eigenvalue weighted by Gasteiger charge is -2.16. The molecular formula is C16H22O2. The SMILES string of the molecule is CC#CCC(C)c1cc(OCC)ccc1OCC. The molecule has 1 atom stereocenters. The minimum atomic E-state index is 0.347. The van der Waals surface area contributed by atoms with Gasteiger partial charge in [-0.05, 0) is 44.9 Å². The van der Waals surface area contributed by atoms with Crippen molar-refractivity contribution in [2.45, 2.75) is 40.0 Å². The lowest BCUT2D eigenvalue weighted by molar-refractivity contribution is 0.326. The van der Waals surface area contributed by atoms with Gasteiger partial charge in [-0.1, -0.05) is 6.92 Å². The molecule has 1 aromatic carbocycles. The summed E-state index contributed by atoms with van der Waals surface area (Å²) in [4.78, 5) is 0. The first kappa shape index (κ1) is 14.4. The van der Waals surface area contributed by atoms with Crippen LogP contribution in [0.1, 0.15) is 45.6 Å². The van der Waals surface area contributed by atoms with E-state index >= 15 is 0 Å². The third kappa shape index (κ3) is 4.00. The van der Waals surface area contributed by atoms with Crippen molar-refractivity contribution >= 4 is 0 Å². The Morgan fingerprint density at radius 2 is 1.89 bits per heavy atom. The molecule has 0 fully saturated rings. The molecule has 1 aromatic rings. The molecule has 2 heteroatoms. The van der Waals surface area contributed by atoms with Crippen molar-refractivity contribution in [3.63, 3.8) is 0 Å². The van der Waals surface area contributed by atoms with E-state index in [1.54, 1.807) is 0 Å². The standard InChI is InChI=1S/C16H22O2/c1-5-8-9-13(4)15-12-14(17-6-2)10-11-16(15)18-7-3/h10-13H,6-7,9H2,1-4H3. The molecule has 0 N–H and O–H groups in total. The smallest absolute Gasteiger partial charge is 0.123 e. The van der Waals surface area contributed by atoms with Crippen LogP contribution in [-0.4, -0.2) is 13.2 Å². The summed E-state index contributed by atoms with van der Waals surface area (Å²) < 4.78 is 11.2. The Balaban J connectivity index is 3.00. The lowest BCUT2D eigenvalue weighted by atomic mass is 9.97. The molecule has 18 heavy (non-hydrogen) atoms. The predicted molar refractivity (Wildman–Crippen MR) is 75.3 cm³/mol. The topological polar surface area (TPSA) is 18.5 Å². The van der Waals surface area contributed by atoms with E-state index in [1.807, 2.05) is 32.9 Å². The van der Waals surface area contributed by atoms with E-state index in [-0.39, 0.29) is 0 Å². The Labute approximate surface area is 110 Å². The highest BCUT2D eigenvalue weighted by molar-refractivity contribution is 5.42. The van der Waals surface area contributed by atoms with E-state index in [9.17, 15) is 0 Å². The molecule has 1 unspecified atom stereocenters. The zero-order valence-electron chi connectivity index (χ0n) is 11.7. The number of benzene rings is 1. The van der Waals surface area contributed by atoms with E-state index in [2.05, 4.69) is 24.8 Å². The number of ether oxygens (including phenoxy) is 2. The van der Waals surface area contributed by atoms with Crippen LogP contribution in [0.2, 0.25) is 0 Å². The maximum absolute atomic E-state index is 5.67. The molecular weight excluding hydrogens is 224 g/mol. The van der Waals surface area contributed by atoms with E-state index in [4.69, 9.17) is 9.47 Å². The normalized spacial score (nSPS) is 11.3. The van der Waals surface area contributed by atoms with Gasteiger partial charge in [0.05, 0.1) is 13.2 Å². The quantitative estimate of drug-likeness (QED) is 0.706. The van der Waals surface area contributed by atoms with Crippen molar-refractivity contribution in [2.24, 2.45) is 0 Å². The van der Waals surface area contributed by atoms with Gasteiger partial charge < -0.3 is 9.47 Å². The summed E-state index contributed by atoms with van der Waals surface area (Å²) in [6.07, 6.45) is 0.839. The summed E-state index contributed by atoms with van der Waals surface area (Å²) in [5.74, 6) is 8.24. The first-order chi connectivity index (χ1) is 8.72. The molecule has 0 saturated heterocycles. The molecule has 0 aromatic heterocycles. The van der Waals surface area contributed by atoms with Crippen LogP contribution < -0.4 is 9.47 Å². The predicted octanol–water partition coefficient (Wildman–Crippen LogP) is 4.00. The number of rotatable bonds is 6. The molecule has 0 aliphatic carbocycles. The zero-order valence-corrected chi connectivity index (χ0v) is 11.7. The Bertz CT molecular complexity index is 426. The van der Waals surface area contributed by atoms with Gasteiger partial charge >= 0.3 is 0 Å². The van der Waals surface area contributed by atoms with Crippen LogP contribution >= 0.6 is 0 Å². The number of hydrogen-bond acceptors (Lipinski definition) is 2. The van der Waals surface area contributed by atoms with Crippen LogP contribution in [-0.2, 0) is 0 Å². The van der Waals surface area contributed by atoms with E-state index in [0.29, 0.717) is 19.1 Å². The maximum atomic E-state index is 5.67. The first-order valence-electron chi connectivity index (χ1n) is 6.52. The second-order valence-electron chi connectivity index (χ2n) is 4.10. The minimum Gasteiger partial charge on any atom is -0.494 e. The Kier molecular flexibility index (Phi) is 6.14. The lowest BCUT2D eigenvalue weighted by Crippen LogP contribution is -2.01. The van der Waals surface area contributed by atoms with Gasteiger partial charge in [0.15, 0.2) is 0 Å². The monoisotopic (exact) mass is 246 g/mol. The summed E-state index contributed by atoms with van der Waals surface area (Å²) in [7, 11) is 0. The van der Waals surface area contributed by atoms with Crippen molar-refractivity contribution in [1.29, 1.82) is 0 Å². The van der Waals surface area contributed by atoms with Crippen LogP contribution in [0, 0.1) is 11.8 Å². The van der Waals surface area contributed by atoms with E-state index < -0.39 is 0 Å². The molecule has 0 radical (unpaired) electrons. The van der Waals surface area contributed by atoms with Gasteiger partial charge in [-0.25, -0.2) is 0 Å². The van der Waals surface area contributed by atoms with Crippen molar-refractivity contribution in [2.75, 3.05) is 13.2 Å². The summed E-state index contributed by atoms with van der Waals surface area (Å²) in [6.45, 7) is 9.37. The highest BCUT2D eigenvalue weighted by Crippen LogP contribution is 2.32. The summed E-state index contributed by atoms with van der Waals surface area (Å²) in [5, 5.41) is 0. The fourth-order valence-electron chi connectivity index (χ4n) is 1.82. The second kappa shape index (κ2) is 7.66. The van der Waals surface area contributed by atoms with Crippen LogP contribution in [0.3, 0.4) is 0 Å². The molecule has 0 spiro atoms. The third-order valence-electron chi connectivity index (χ3n) is 2.71. The summed E-state index contributed by atoms with van der Waals surface area (Å²) in [6, 6.07) is 6.01. The molecule has 0 aliphatic heterocycles. The molecule has 0 heterocycles. The third-order valence-corrected chi connectivity index (χ3v) is 2.71. The highest BCUT2D eigenvalue weighted by atomic mass is 16.5. The molecule has 2 nitrogen and oxygen atoms in total. The van der Waals surface area contributed by atoms with Crippen molar-refractivity contribution in [3.05, 3.63) is 23.8 Å². The van der Waals surface area contributed by atoms with Crippen LogP contribution in [0.15, 0.2) is 18.2 Å². The molecule has 0 amide bonds. The van der Waals surface area contributed by atoms with Crippen molar-refractivity contribution in [1.82, 2.24) is 0 Å². The van der Waals surface area contributed by atoms with Crippen LogP contribution in [0.4, 0.5) is 0 Å². The molecule has 98 valence electrons. The van der Waals surface area contributed by atoms with Crippen molar-refractivity contribution in [3.8, 4) is 23.3 Å². The fraction of sp³-hybridized carbons (Fsp3) is 0.500. The van der Waals surface area contributed by atoms with Crippen molar-refractivity contribution < 1.29 is 9.47 Å². The summed E-state index contributed by atoms with van der Waals surface area (Å²) in [5.41, 5.74) is 1.17. The molecule has 0 saturated carbocycles. The first-order valence-corrected chi connectivity index (χ1v) is 6.52. The van der Waals surface area contributed by atoms with Gasteiger partial charge in [-0.2, -0.15) is 0 Å². The fourth-order valence-corrected chi connectivity index (χ4v) is 1.82. The van der Waals surface area contributed by atoms with E-state index in [0.717, 1.165) is 17.9 Å². The van der Waals surface area contributed by atoms with Crippen LogP contribution in [0.5, 0.6) is 11.5 Å². The zero-order chi connectivity index (χ0) is 13.4. The average Bonchev–Trinajstić information content (AvgIpc) is 2.38. The summed E-state index contributed by atoms with van der Waals surface area (Å²) >= 11 is 0. The van der Waals surface area contributed by atoms with Gasteiger partial charge in [0.1, 0.15) is 11.5 Å². The van der Waals surface area contributed by atoms with E-state index in [1.165, 1.54) is 5.56 Å². The Morgan fingerprint density at radius 1 is 1.17 bits per heavy atom. The Hall–Kier alpha value is -1.62. The second-order valence-corrected chi connectivity index (χ2v) is 4.10. The highest BCUT2D eigenvalue weighted by Gasteiger charge is 2.12. The maximum Gasteiger partial charge on any atom is 0.123 e. The van der Waals surface area contributed by atoms with Gasteiger partial charge in [0, 0.05) is 12.0 Å². The van der Waals surface area contributed by atoms with Gasteiger partial charge in [0.2, 0.25) is 0 Å². The minimum absolute atomic E-state index is 0.347. The molecule has 0 aliphatic rings. The molecule has 0 bridgehead atoms. The van der Waals surface area contributed by atoms with Crippen LogP contribution in [0.25, 0.3) is 0 Å². The van der Waals surface area contributed by atoms with Gasteiger partial charge in [0.25, 0.3) is 0 Å². The number of hydrogen-bond donors (Lipinski definition) is 0. The average molecular weight is 246 g/mol. The largest absolute Gasteiger partial charge is 0.494 e. The Morgan fingerprint density at radius 3 is 2.50 bits per heavy atom. The molecule has 1 rings (SSSR count). The van der Waals surface area contributed by atoms with Gasteiger partial charge in [-0.15, -0.1) is 11.8 Å².